The Balaban J connectivity index is 1.15. The minimum absolute atomic E-state index is 0.0279. The van der Waals surface area contributed by atoms with Gasteiger partial charge >= 0.3 is 12.1 Å². The average Bonchev–Trinajstić information content (AvgIpc) is 3.61. The van der Waals surface area contributed by atoms with Crippen molar-refractivity contribution >= 4 is 18.0 Å². The Morgan fingerprint density at radius 1 is 1.00 bits per heavy atom. The summed E-state index contributed by atoms with van der Waals surface area (Å²) in [5.41, 5.74) is 4.74. The molecule has 2 aliphatic carbocycles. The number of fused-ring (bicyclic) bond motifs is 3. The first kappa shape index (κ1) is 24.8. The van der Waals surface area contributed by atoms with Gasteiger partial charge in [-0.3, -0.25) is 4.79 Å². The summed E-state index contributed by atoms with van der Waals surface area (Å²) in [4.78, 5) is 35.8. The smallest absolute Gasteiger partial charge is 0.407 e. The van der Waals surface area contributed by atoms with E-state index in [0.717, 1.165) is 12.8 Å². The Bertz CT molecular complexity index is 1020. The van der Waals surface area contributed by atoms with E-state index in [4.69, 9.17) is 4.74 Å². The van der Waals surface area contributed by atoms with Crippen molar-refractivity contribution < 1.29 is 24.2 Å². The van der Waals surface area contributed by atoms with Gasteiger partial charge in [0.25, 0.3) is 0 Å². The van der Waals surface area contributed by atoms with Crippen molar-refractivity contribution in [2.75, 3.05) is 13.2 Å². The van der Waals surface area contributed by atoms with Gasteiger partial charge in [-0.25, -0.2) is 9.59 Å². The van der Waals surface area contributed by atoms with Crippen LogP contribution >= 0.6 is 0 Å². The zero-order valence-corrected chi connectivity index (χ0v) is 20.2. The van der Waals surface area contributed by atoms with Crippen molar-refractivity contribution in [1.82, 2.24) is 10.6 Å². The molecule has 0 bridgehead atoms. The number of carbonyl (C=O) groups excluding carboxylic acids is 2. The molecule has 2 atom stereocenters. The van der Waals surface area contributed by atoms with E-state index in [1.54, 1.807) is 0 Å². The molecule has 0 spiro atoms. The highest BCUT2D eigenvalue weighted by Gasteiger charge is 2.30. The lowest BCUT2D eigenvalue weighted by molar-refractivity contribution is -0.142. The molecule has 2 amide bonds. The number of ether oxygens (including phenoxy) is 1. The van der Waals surface area contributed by atoms with E-state index in [2.05, 4.69) is 34.9 Å². The molecule has 2 aliphatic rings. The zero-order chi connectivity index (χ0) is 24.8. The molecule has 2 aromatic carbocycles. The fourth-order valence-electron chi connectivity index (χ4n) is 4.77. The number of hydrogen-bond donors (Lipinski definition) is 3. The number of aliphatic carboxylic acids is 1. The number of rotatable bonds is 12. The SMILES string of the molecule is CC(CCNC(=O)OCC1c2ccccc2-c2ccccc21)CCC(=O)N[C@@H](CC1CC1)C(=O)O. The lowest BCUT2D eigenvalue weighted by atomic mass is 9.98. The number of alkyl carbamates (subject to hydrolysis) is 1. The van der Waals surface area contributed by atoms with Crippen LogP contribution in [0.25, 0.3) is 11.1 Å². The quantitative estimate of drug-likeness (QED) is 0.410. The molecule has 2 aromatic rings. The normalized spacial score (nSPS) is 16.0. The molecule has 186 valence electrons. The van der Waals surface area contributed by atoms with Gasteiger partial charge in [0.1, 0.15) is 12.6 Å². The van der Waals surface area contributed by atoms with E-state index in [-0.39, 0.29) is 30.8 Å². The summed E-state index contributed by atoms with van der Waals surface area (Å²) in [5, 5.41) is 14.7. The third-order valence-corrected chi connectivity index (χ3v) is 7.01. The van der Waals surface area contributed by atoms with Crippen LogP contribution in [0, 0.1) is 11.8 Å². The van der Waals surface area contributed by atoms with Gasteiger partial charge < -0.3 is 20.5 Å². The average molecular weight is 479 g/mol. The molecule has 1 fully saturated rings. The molecule has 0 saturated heterocycles. The fourth-order valence-corrected chi connectivity index (χ4v) is 4.77. The number of carboxylic acids is 1. The molecule has 7 nitrogen and oxygen atoms in total. The van der Waals surface area contributed by atoms with Gasteiger partial charge in [-0.2, -0.15) is 0 Å². The summed E-state index contributed by atoms with van der Waals surface area (Å²) in [5.74, 6) is -0.527. The zero-order valence-electron chi connectivity index (χ0n) is 20.2. The van der Waals surface area contributed by atoms with E-state index in [1.807, 2.05) is 31.2 Å². The molecule has 0 aromatic heterocycles. The third kappa shape index (κ3) is 6.62. The van der Waals surface area contributed by atoms with Crippen LogP contribution in [0.5, 0.6) is 0 Å². The van der Waals surface area contributed by atoms with Crippen LogP contribution in [-0.4, -0.2) is 42.3 Å². The van der Waals surface area contributed by atoms with Crippen molar-refractivity contribution in [1.29, 1.82) is 0 Å². The molecule has 3 N–H and O–H groups in total. The fraction of sp³-hybridized carbons (Fsp3) is 0.464. The highest BCUT2D eigenvalue weighted by atomic mass is 16.5. The highest BCUT2D eigenvalue weighted by molar-refractivity contribution is 5.83. The van der Waals surface area contributed by atoms with Crippen LogP contribution in [0.1, 0.15) is 62.5 Å². The van der Waals surface area contributed by atoms with E-state index in [9.17, 15) is 19.5 Å². The third-order valence-electron chi connectivity index (χ3n) is 7.01. The second-order valence-corrected chi connectivity index (χ2v) is 9.82. The minimum atomic E-state index is -0.967. The number of carbonyl (C=O) groups is 3. The predicted octanol–water partition coefficient (Wildman–Crippen LogP) is 4.70. The Kier molecular flexibility index (Phi) is 8.06. The monoisotopic (exact) mass is 478 g/mol. The van der Waals surface area contributed by atoms with Gasteiger partial charge in [-0.15, -0.1) is 0 Å². The van der Waals surface area contributed by atoms with Crippen molar-refractivity contribution in [3.63, 3.8) is 0 Å². The molecule has 35 heavy (non-hydrogen) atoms. The van der Waals surface area contributed by atoms with Gasteiger partial charge in [0.05, 0.1) is 0 Å². The maximum atomic E-state index is 12.3. The van der Waals surface area contributed by atoms with Gasteiger partial charge in [-0.1, -0.05) is 68.3 Å². The van der Waals surface area contributed by atoms with E-state index >= 15 is 0 Å². The summed E-state index contributed by atoms with van der Waals surface area (Å²) in [6, 6.07) is 15.6. The second-order valence-electron chi connectivity index (χ2n) is 9.82. The first-order valence-corrected chi connectivity index (χ1v) is 12.5. The minimum Gasteiger partial charge on any atom is -0.480 e. The van der Waals surface area contributed by atoms with Gasteiger partial charge in [0.2, 0.25) is 5.91 Å². The summed E-state index contributed by atoms with van der Waals surface area (Å²) in [6.07, 6.45) is 3.79. The molecule has 0 heterocycles. The molecule has 7 heteroatoms. The molecule has 4 rings (SSSR count). The largest absolute Gasteiger partial charge is 0.480 e. The van der Waals surface area contributed by atoms with Crippen LogP contribution in [-0.2, 0) is 14.3 Å². The first-order chi connectivity index (χ1) is 16.9. The number of amides is 2. The molecule has 1 saturated carbocycles. The summed E-state index contributed by atoms with van der Waals surface area (Å²) >= 11 is 0. The van der Waals surface area contributed by atoms with Gasteiger partial charge in [0.15, 0.2) is 0 Å². The summed E-state index contributed by atoms with van der Waals surface area (Å²) in [6.45, 7) is 2.76. The highest BCUT2D eigenvalue weighted by Crippen LogP contribution is 2.44. The molecular weight excluding hydrogens is 444 g/mol. The van der Waals surface area contributed by atoms with E-state index in [0.29, 0.717) is 31.7 Å². The van der Waals surface area contributed by atoms with E-state index in [1.165, 1.54) is 22.3 Å². The van der Waals surface area contributed by atoms with Crippen molar-refractivity contribution in [3.8, 4) is 11.1 Å². The molecule has 0 radical (unpaired) electrons. The van der Waals surface area contributed by atoms with Crippen LogP contribution < -0.4 is 10.6 Å². The standard InChI is InChI=1S/C28H34N2O5/c1-18(10-13-26(31)30-25(27(32)33)16-19-11-12-19)14-15-29-28(34)35-17-24-22-8-4-2-6-20(22)21-7-3-5-9-23(21)24/h2-9,18-19,24-25H,10-17H2,1H3,(H,29,34)(H,30,31)(H,32,33)/t18?,25-/m0/s1. The number of hydrogen-bond acceptors (Lipinski definition) is 4. The number of nitrogens with one attached hydrogen (secondary N) is 2. The van der Waals surface area contributed by atoms with Gasteiger partial charge in [0, 0.05) is 18.9 Å². The lowest BCUT2D eigenvalue weighted by Gasteiger charge is -2.16. The molecule has 1 unspecified atom stereocenters. The number of carboxylic acid groups (broad SMARTS) is 1. The van der Waals surface area contributed by atoms with Crippen LogP contribution in [0.2, 0.25) is 0 Å². The lowest BCUT2D eigenvalue weighted by Crippen LogP contribution is -2.41. The Labute approximate surface area is 206 Å². The van der Waals surface area contributed by atoms with Crippen molar-refractivity contribution in [3.05, 3.63) is 59.7 Å². The maximum absolute atomic E-state index is 12.3. The summed E-state index contributed by atoms with van der Waals surface area (Å²) in [7, 11) is 0. The molecular formula is C28H34N2O5. The van der Waals surface area contributed by atoms with Crippen molar-refractivity contribution in [2.45, 2.75) is 57.4 Å². The van der Waals surface area contributed by atoms with Crippen LogP contribution in [0.15, 0.2) is 48.5 Å². The van der Waals surface area contributed by atoms with E-state index < -0.39 is 18.1 Å². The summed E-state index contributed by atoms with van der Waals surface area (Å²) < 4.78 is 5.55. The van der Waals surface area contributed by atoms with Crippen molar-refractivity contribution in [2.24, 2.45) is 11.8 Å². The first-order valence-electron chi connectivity index (χ1n) is 12.5. The van der Waals surface area contributed by atoms with Crippen LogP contribution in [0.4, 0.5) is 4.79 Å². The Hall–Kier alpha value is -3.35. The van der Waals surface area contributed by atoms with Gasteiger partial charge in [-0.05, 0) is 53.4 Å². The number of benzene rings is 2. The maximum Gasteiger partial charge on any atom is 0.407 e. The molecule has 0 aliphatic heterocycles. The predicted molar refractivity (Wildman–Crippen MR) is 133 cm³/mol. The Morgan fingerprint density at radius 3 is 2.23 bits per heavy atom. The Morgan fingerprint density at radius 2 is 1.63 bits per heavy atom. The second kappa shape index (κ2) is 11.4. The van der Waals surface area contributed by atoms with Crippen LogP contribution in [0.3, 0.4) is 0 Å². The topological polar surface area (TPSA) is 105 Å².